The molecule has 1 heterocycles. The van der Waals surface area contributed by atoms with E-state index in [9.17, 15) is 4.79 Å². The number of carbonyl (C=O) groups is 1. The molecule has 1 rings (SSSR count). The van der Waals surface area contributed by atoms with Crippen LogP contribution in [0.2, 0.25) is 0 Å². The molecule has 0 spiro atoms. The zero-order valence-corrected chi connectivity index (χ0v) is 8.53. The molecule has 78 valence electrons. The molecule has 0 radical (unpaired) electrons. The highest BCUT2D eigenvalue weighted by molar-refractivity contribution is 5.66. The van der Waals surface area contributed by atoms with Gasteiger partial charge in [-0.25, -0.2) is 0 Å². The van der Waals surface area contributed by atoms with Crippen molar-refractivity contribution in [1.29, 1.82) is 0 Å². The third-order valence-electron chi connectivity index (χ3n) is 1.95. The average molecular weight is 198 g/mol. The number of hydrogen-bond acceptors (Lipinski definition) is 4. The molecule has 0 saturated heterocycles. The highest BCUT2D eigenvalue weighted by Gasteiger charge is 2.15. The number of rotatable bonds is 3. The van der Waals surface area contributed by atoms with Crippen LogP contribution in [-0.2, 0) is 16.1 Å². The highest BCUT2D eigenvalue weighted by atomic mass is 16.5. The molecule has 0 aliphatic heterocycles. The molecule has 0 fully saturated rings. The Bertz CT molecular complexity index is 327. The smallest absolute Gasteiger partial charge is 0.303 e. The molecule has 0 aliphatic carbocycles. The van der Waals surface area contributed by atoms with Crippen LogP contribution < -0.4 is 0 Å². The van der Waals surface area contributed by atoms with Gasteiger partial charge in [-0.3, -0.25) is 4.79 Å². The van der Waals surface area contributed by atoms with Crippen molar-refractivity contribution in [3.63, 3.8) is 0 Å². The third kappa shape index (κ3) is 2.35. The van der Waals surface area contributed by atoms with Crippen molar-refractivity contribution in [2.75, 3.05) is 0 Å². The van der Waals surface area contributed by atoms with Gasteiger partial charge in [0, 0.05) is 12.5 Å². The fourth-order valence-electron chi connectivity index (χ4n) is 1.21. The van der Waals surface area contributed by atoms with Crippen molar-refractivity contribution < 1.29 is 19.1 Å². The molecular formula is C10H14O4. The summed E-state index contributed by atoms with van der Waals surface area (Å²) in [6.07, 6.45) is -0.411. The summed E-state index contributed by atoms with van der Waals surface area (Å²) in [6.45, 7) is 4.76. The highest BCUT2D eigenvalue weighted by Crippen LogP contribution is 2.23. The predicted molar refractivity (Wildman–Crippen MR) is 49.5 cm³/mol. The molecule has 1 unspecified atom stereocenters. The Morgan fingerprint density at radius 1 is 1.71 bits per heavy atom. The first kappa shape index (κ1) is 10.8. The van der Waals surface area contributed by atoms with Crippen LogP contribution in [0.4, 0.5) is 0 Å². The van der Waals surface area contributed by atoms with Crippen molar-refractivity contribution in [3.8, 4) is 0 Å². The molecule has 1 aromatic heterocycles. The maximum Gasteiger partial charge on any atom is 0.303 e. The van der Waals surface area contributed by atoms with Crippen LogP contribution in [0.3, 0.4) is 0 Å². The van der Waals surface area contributed by atoms with Gasteiger partial charge in [0.2, 0.25) is 0 Å². The molecule has 0 bridgehead atoms. The Hall–Kier alpha value is -1.29. The third-order valence-corrected chi connectivity index (χ3v) is 1.95. The summed E-state index contributed by atoms with van der Waals surface area (Å²) in [4.78, 5) is 10.7. The van der Waals surface area contributed by atoms with E-state index in [4.69, 9.17) is 14.3 Å². The minimum Gasteiger partial charge on any atom is -0.462 e. The summed E-state index contributed by atoms with van der Waals surface area (Å²) in [5, 5.41) is 8.93. The topological polar surface area (TPSA) is 59.7 Å². The summed E-state index contributed by atoms with van der Waals surface area (Å²) >= 11 is 0. The van der Waals surface area contributed by atoms with E-state index in [0.717, 1.165) is 5.56 Å². The Balaban J connectivity index is 2.80. The molecule has 0 saturated carbocycles. The Kier molecular flexibility index (Phi) is 3.30. The fourth-order valence-corrected chi connectivity index (χ4v) is 1.21. The number of aryl methyl sites for hydroxylation is 1. The lowest BCUT2D eigenvalue weighted by Gasteiger charge is -2.07. The van der Waals surface area contributed by atoms with Gasteiger partial charge in [0.15, 0.2) is 6.10 Å². The van der Waals surface area contributed by atoms with Crippen LogP contribution in [0.25, 0.3) is 0 Å². The van der Waals surface area contributed by atoms with Crippen LogP contribution in [-0.4, -0.2) is 11.1 Å². The first-order chi connectivity index (χ1) is 6.54. The van der Waals surface area contributed by atoms with Gasteiger partial charge in [0.25, 0.3) is 0 Å². The molecular weight excluding hydrogens is 184 g/mol. The Labute approximate surface area is 82.5 Å². The maximum absolute atomic E-state index is 10.7. The maximum atomic E-state index is 10.7. The molecule has 0 aromatic carbocycles. The van der Waals surface area contributed by atoms with Gasteiger partial charge in [0.1, 0.15) is 11.5 Å². The van der Waals surface area contributed by atoms with E-state index in [-0.39, 0.29) is 12.6 Å². The van der Waals surface area contributed by atoms with E-state index in [0.29, 0.717) is 11.5 Å². The van der Waals surface area contributed by atoms with E-state index in [1.807, 2.05) is 0 Å². The molecule has 14 heavy (non-hydrogen) atoms. The number of ether oxygens (including phenoxy) is 1. The lowest BCUT2D eigenvalue weighted by Crippen LogP contribution is -2.03. The number of aliphatic hydroxyl groups is 1. The van der Waals surface area contributed by atoms with E-state index >= 15 is 0 Å². The fraction of sp³-hybridized carbons (Fsp3) is 0.500. The number of aliphatic hydroxyl groups excluding tert-OH is 1. The van der Waals surface area contributed by atoms with Crippen LogP contribution in [0.5, 0.6) is 0 Å². The minimum absolute atomic E-state index is 0.0673. The summed E-state index contributed by atoms with van der Waals surface area (Å²) in [6, 6.07) is 1.70. The zero-order chi connectivity index (χ0) is 10.7. The largest absolute Gasteiger partial charge is 0.462 e. The predicted octanol–water partition coefficient (Wildman–Crippen LogP) is 1.70. The van der Waals surface area contributed by atoms with E-state index in [1.165, 1.54) is 6.92 Å². The second kappa shape index (κ2) is 4.28. The second-order valence-corrected chi connectivity index (χ2v) is 3.14. The van der Waals surface area contributed by atoms with Gasteiger partial charge in [0.05, 0.1) is 6.61 Å². The monoisotopic (exact) mass is 198 g/mol. The van der Waals surface area contributed by atoms with Crippen molar-refractivity contribution in [3.05, 3.63) is 23.2 Å². The average Bonchev–Trinajstić information content (AvgIpc) is 2.45. The molecule has 1 aromatic rings. The van der Waals surface area contributed by atoms with Crippen molar-refractivity contribution in [2.45, 2.75) is 33.5 Å². The van der Waals surface area contributed by atoms with Crippen LogP contribution in [0, 0.1) is 6.92 Å². The quantitative estimate of drug-likeness (QED) is 0.751. The molecule has 1 atom stereocenters. The van der Waals surface area contributed by atoms with Gasteiger partial charge in [-0.15, -0.1) is 0 Å². The molecule has 4 nitrogen and oxygen atoms in total. The number of esters is 1. The zero-order valence-electron chi connectivity index (χ0n) is 8.53. The van der Waals surface area contributed by atoms with Crippen LogP contribution in [0.15, 0.2) is 10.5 Å². The molecule has 0 aliphatic rings. The van der Waals surface area contributed by atoms with Crippen molar-refractivity contribution in [1.82, 2.24) is 0 Å². The molecule has 1 N–H and O–H groups in total. The lowest BCUT2D eigenvalue weighted by atomic mass is 10.2. The normalized spacial score (nSPS) is 12.6. The number of furan rings is 1. The van der Waals surface area contributed by atoms with E-state index in [1.54, 1.807) is 19.9 Å². The van der Waals surface area contributed by atoms with Crippen LogP contribution >= 0.6 is 0 Å². The standard InChI is InChI=1S/C10H14O4/c1-6-9(5-11)4-10(14-6)7(2)13-8(3)12/h4,7,11H,5H2,1-3H3. The Morgan fingerprint density at radius 2 is 2.36 bits per heavy atom. The first-order valence-corrected chi connectivity index (χ1v) is 4.42. The summed E-state index contributed by atoms with van der Waals surface area (Å²) in [5.41, 5.74) is 0.721. The first-order valence-electron chi connectivity index (χ1n) is 4.42. The van der Waals surface area contributed by atoms with Crippen molar-refractivity contribution >= 4 is 5.97 Å². The van der Waals surface area contributed by atoms with E-state index in [2.05, 4.69) is 0 Å². The van der Waals surface area contributed by atoms with Gasteiger partial charge in [-0.05, 0) is 19.9 Å². The minimum atomic E-state index is -0.411. The van der Waals surface area contributed by atoms with E-state index < -0.39 is 6.10 Å². The summed E-state index contributed by atoms with van der Waals surface area (Å²) in [5.74, 6) is 0.861. The van der Waals surface area contributed by atoms with Crippen molar-refractivity contribution in [2.24, 2.45) is 0 Å². The van der Waals surface area contributed by atoms with Crippen LogP contribution in [0.1, 0.15) is 37.0 Å². The number of carbonyl (C=O) groups excluding carboxylic acids is 1. The summed E-state index contributed by atoms with van der Waals surface area (Å²) in [7, 11) is 0. The molecule has 0 amide bonds. The van der Waals surface area contributed by atoms with Gasteiger partial charge in [-0.1, -0.05) is 0 Å². The van der Waals surface area contributed by atoms with Gasteiger partial charge in [-0.2, -0.15) is 0 Å². The molecule has 4 heteroatoms. The SMILES string of the molecule is CC(=O)OC(C)c1cc(CO)c(C)o1. The Morgan fingerprint density at radius 3 is 2.79 bits per heavy atom. The summed E-state index contributed by atoms with van der Waals surface area (Å²) < 4.78 is 10.3. The van der Waals surface area contributed by atoms with Gasteiger partial charge >= 0.3 is 5.97 Å². The second-order valence-electron chi connectivity index (χ2n) is 3.14. The van der Waals surface area contributed by atoms with Gasteiger partial charge < -0.3 is 14.3 Å². The number of hydrogen-bond donors (Lipinski definition) is 1. The lowest BCUT2D eigenvalue weighted by molar-refractivity contribution is -0.146.